The molecular weight excluding hydrogens is 230 g/mol. The van der Waals surface area contributed by atoms with E-state index >= 15 is 0 Å². The fraction of sp³-hybridized carbons (Fsp3) is 0.846. The van der Waals surface area contributed by atoms with Gasteiger partial charge >= 0.3 is 0 Å². The maximum Gasteiger partial charge on any atom is 0.242 e. The van der Waals surface area contributed by atoms with E-state index in [1.807, 2.05) is 4.90 Å². The molecule has 2 atom stereocenters. The van der Waals surface area contributed by atoms with Crippen LogP contribution >= 0.6 is 0 Å². The van der Waals surface area contributed by atoms with E-state index in [0.717, 1.165) is 32.6 Å². The quantitative estimate of drug-likeness (QED) is 0.740. The van der Waals surface area contributed by atoms with Gasteiger partial charge in [-0.1, -0.05) is 0 Å². The van der Waals surface area contributed by atoms with Crippen molar-refractivity contribution in [2.45, 2.75) is 31.7 Å². The number of likely N-dealkylation sites (tertiary alicyclic amines) is 2. The minimum absolute atomic E-state index is 0.126. The molecule has 3 rings (SSSR count). The van der Waals surface area contributed by atoms with E-state index in [4.69, 9.17) is 0 Å². The van der Waals surface area contributed by atoms with Crippen LogP contribution in [0.3, 0.4) is 0 Å². The summed E-state index contributed by atoms with van der Waals surface area (Å²) in [5, 5.41) is 3.49. The molecule has 3 fully saturated rings. The first-order chi connectivity index (χ1) is 8.74. The van der Waals surface area contributed by atoms with Crippen molar-refractivity contribution in [1.29, 1.82) is 0 Å². The summed E-state index contributed by atoms with van der Waals surface area (Å²) in [6, 6.07) is 0.483. The van der Waals surface area contributed by atoms with Crippen molar-refractivity contribution >= 4 is 11.8 Å². The van der Waals surface area contributed by atoms with E-state index in [1.54, 1.807) is 4.90 Å². The smallest absolute Gasteiger partial charge is 0.242 e. The predicted molar refractivity (Wildman–Crippen MR) is 66.9 cm³/mol. The molecule has 100 valence electrons. The van der Waals surface area contributed by atoms with Gasteiger partial charge < -0.3 is 15.1 Å². The summed E-state index contributed by atoms with van der Waals surface area (Å²) in [5.41, 5.74) is 0. The lowest BCUT2D eigenvalue weighted by Gasteiger charge is -2.24. The molecule has 0 aromatic rings. The lowest BCUT2D eigenvalue weighted by Crippen LogP contribution is -2.42. The Balaban J connectivity index is 1.55. The normalized spacial score (nSPS) is 31.9. The summed E-state index contributed by atoms with van der Waals surface area (Å²) in [5.74, 6) is 0.886. The second-order valence-electron chi connectivity index (χ2n) is 5.68. The van der Waals surface area contributed by atoms with Crippen LogP contribution < -0.4 is 5.32 Å². The van der Waals surface area contributed by atoms with Crippen LogP contribution in [0.1, 0.15) is 25.7 Å². The van der Waals surface area contributed by atoms with E-state index in [9.17, 15) is 9.59 Å². The Hall–Kier alpha value is -1.10. The zero-order chi connectivity index (χ0) is 12.5. The number of amides is 2. The standard InChI is InChI=1S/C13H21N3O2/c17-12-4-2-6-15(12)9-13(18)16-7-10-3-1-5-14-11(10)8-16/h10-11,14H,1-9H2. The molecular formula is C13H21N3O2. The van der Waals surface area contributed by atoms with Crippen LogP contribution in [0.4, 0.5) is 0 Å². The van der Waals surface area contributed by atoms with Gasteiger partial charge in [0.25, 0.3) is 0 Å². The molecule has 5 nitrogen and oxygen atoms in total. The van der Waals surface area contributed by atoms with Gasteiger partial charge in [-0.05, 0) is 31.7 Å². The maximum absolute atomic E-state index is 12.2. The van der Waals surface area contributed by atoms with Gasteiger partial charge in [0, 0.05) is 32.1 Å². The Kier molecular flexibility index (Phi) is 3.24. The molecule has 0 aromatic carbocycles. The number of piperidine rings is 1. The van der Waals surface area contributed by atoms with Gasteiger partial charge in [-0.2, -0.15) is 0 Å². The van der Waals surface area contributed by atoms with Crippen molar-refractivity contribution in [3.05, 3.63) is 0 Å². The number of nitrogens with one attached hydrogen (secondary N) is 1. The summed E-state index contributed by atoms with van der Waals surface area (Å²) >= 11 is 0. The van der Waals surface area contributed by atoms with E-state index in [2.05, 4.69) is 5.32 Å². The highest BCUT2D eigenvalue weighted by Gasteiger charge is 2.37. The van der Waals surface area contributed by atoms with Crippen molar-refractivity contribution in [3.63, 3.8) is 0 Å². The van der Waals surface area contributed by atoms with Gasteiger partial charge in [0.1, 0.15) is 0 Å². The van der Waals surface area contributed by atoms with E-state index in [0.29, 0.717) is 18.4 Å². The minimum Gasteiger partial charge on any atom is -0.339 e. The largest absolute Gasteiger partial charge is 0.339 e. The number of rotatable bonds is 2. The molecule has 0 radical (unpaired) electrons. The fourth-order valence-corrected chi connectivity index (χ4v) is 3.38. The molecule has 3 aliphatic heterocycles. The van der Waals surface area contributed by atoms with E-state index in [-0.39, 0.29) is 18.4 Å². The molecule has 3 saturated heterocycles. The first-order valence-corrected chi connectivity index (χ1v) is 7.03. The van der Waals surface area contributed by atoms with Gasteiger partial charge in [-0.25, -0.2) is 0 Å². The van der Waals surface area contributed by atoms with E-state index in [1.165, 1.54) is 12.8 Å². The van der Waals surface area contributed by atoms with Crippen LogP contribution in [0.2, 0.25) is 0 Å². The maximum atomic E-state index is 12.2. The molecule has 5 heteroatoms. The number of fused-ring (bicyclic) bond motifs is 1. The van der Waals surface area contributed by atoms with E-state index < -0.39 is 0 Å². The first kappa shape index (κ1) is 12.0. The second kappa shape index (κ2) is 4.88. The summed E-state index contributed by atoms with van der Waals surface area (Å²) in [6.07, 6.45) is 3.96. The highest BCUT2D eigenvalue weighted by molar-refractivity contribution is 5.86. The molecule has 3 heterocycles. The Morgan fingerprint density at radius 2 is 2.22 bits per heavy atom. The first-order valence-electron chi connectivity index (χ1n) is 7.03. The highest BCUT2D eigenvalue weighted by atomic mass is 16.2. The molecule has 3 aliphatic rings. The third kappa shape index (κ3) is 2.23. The average Bonchev–Trinajstić information content (AvgIpc) is 2.96. The van der Waals surface area contributed by atoms with Gasteiger partial charge in [0.2, 0.25) is 11.8 Å². The molecule has 2 amide bonds. The van der Waals surface area contributed by atoms with Crippen molar-refractivity contribution in [3.8, 4) is 0 Å². The van der Waals surface area contributed by atoms with Gasteiger partial charge in [-0.15, -0.1) is 0 Å². The number of carbonyl (C=O) groups is 2. The molecule has 0 aliphatic carbocycles. The summed E-state index contributed by atoms with van der Waals surface area (Å²) < 4.78 is 0. The molecule has 0 aromatic heterocycles. The predicted octanol–water partition coefficient (Wildman–Crippen LogP) is -0.181. The molecule has 0 saturated carbocycles. The lowest BCUT2D eigenvalue weighted by molar-refractivity contribution is -0.137. The monoisotopic (exact) mass is 251 g/mol. The average molecular weight is 251 g/mol. The van der Waals surface area contributed by atoms with Gasteiger partial charge in [0.05, 0.1) is 6.54 Å². The van der Waals surface area contributed by atoms with Crippen molar-refractivity contribution < 1.29 is 9.59 Å². The fourth-order valence-electron chi connectivity index (χ4n) is 3.38. The number of nitrogens with zero attached hydrogens (tertiary/aromatic N) is 2. The summed E-state index contributed by atoms with van der Waals surface area (Å²) in [7, 11) is 0. The zero-order valence-electron chi connectivity index (χ0n) is 10.7. The highest BCUT2D eigenvalue weighted by Crippen LogP contribution is 2.25. The zero-order valence-corrected chi connectivity index (χ0v) is 10.7. The Labute approximate surface area is 107 Å². The molecule has 0 bridgehead atoms. The summed E-state index contributed by atoms with van der Waals surface area (Å²) in [4.78, 5) is 27.4. The van der Waals surface area contributed by atoms with Crippen LogP contribution in [-0.2, 0) is 9.59 Å². The van der Waals surface area contributed by atoms with Crippen LogP contribution in [0, 0.1) is 5.92 Å². The number of hydrogen-bond donors (Lipinski definition) is 1. The van der Waals surface area contributed by atoms with Gasteiger partial charge in [-0.3, -0.25) is 9.59 Å². The van der Waals surface area contributed by atoms with Crippen molar-refractivity contribution in [2.75, 3.05) is 32.7 Å². The number of carbonyl (C=O) groups excluding carboxylic acids is 2. The lowest BCUT2D eigenvalue weighted by atomic mass is 9.94. The Morgan fingerprint density at radius 1 is 1.33 bits per heavy atom. The molecule has 1 N–H and O–H groups in total. The third-order valence-electron chi connectivity index (χ3n) is 4.45. The Morgan fingerprint density at radius 3 is 2.94 bits per heavy atom. The second-order valence-corrected chi connectivity index (χ2v) is 5.68. The van der Waals surface area contributed by atoms with Crippen LogP contribution in [0.25, 0.3) is 0 Å². The number of hydrogen-bond acceptors (Lipinski definition) is 3. The van der Waals surface area contributed by atoms with Crippen molar-refractivity contribution in [1.82, 2.24) is 15.1 Å². The Bertz CT molecular complexity index is 344. The summed E-state index contributed by atoms with van der Waals surface area (Å²) in [6.45, 7) is 3.82. The SMILES string of the molecule is O=C1CCCN1CC(=O)N1CC2CCCNC2C1. The van der Waals surface area contributed by atoms with Crippen molar-refractivity contribution in [2.24, 2.45) is 5.92 Å². The van der Waals surface area contributed by atoms with Gasteiger partial charge in [0.15, 0.2) is 0 Å². The molecule has 2 unspecified atom stereocenters. The van der Waals surface area contributed by atoms with Crippen LogP contribution in [0.5, 0.6) is 0 Å². The minimum atomic E-state index is 0.126. The van der Waals surface area contributed by atoms with Crippen LogP contribution in [-0.4, -0.2) is 60.4 Å². The molecule has 18 heavy (non-hydrogen) atoms. The topological polar surface area (TPSA) is 52.7 Å². The van der Waals surface area contributed by atoms with Crippen LogP contribution in [0.15, 0.2) is 0 Å². The molecule has 0 spiro atoms. The third-order valence-corrected chi connectivity index (χ3v) is 4.45.